The predicted octanol–water partition coefficient (Wildman–Crippen LogP) is 8.49. The molecular weight excluding hydrogens is 442 g/mol. The van der Waals surface area contributed by atoms with Gasteiger partial charge < -0.3 is 4.74 Å². The highest BCUT2D eigenvalue weighted by atomic mass is 19.1. The molecule has 0 saturated heterocycles. The van der Waals surface area contributed by atoms with Gasteiger partial charge >= 0.3 is 5.97 Å². The van der Waals surface area contributed by atoms with Crippen molar-refractivity contribution in [3.05, 3.63) is 70.8 Å². The summed E-state index contributed by atoms with van der Waals surface area (Å²) >= 11 is 0. The molecule has 2 saturated carbocycles. The third kappa shape index (κ3) is 6.71. The zero-order chi connectivity index (χ0) is 24.8. The van der Waals surface area contributed by atoms with Crippen LogP contribution in [0.3, 0.4) is 0 Å². The van der Waals surface area contributed by atoms with Crippen LogP contribution in [0, 0.1) is 23.5 Å². The van der Waals surface area contributed by atoms with Crippen molar-refractivity contribution in [2.24, 2.45) is 11.8 Å². The Bertz CT molecular complexity index is 934. The van der Waals surface area contributed by atoms with E-state index in [9.17, 15) is 13.6 Å². The fourth-order valence-corrected chi connectivity index (χ4v) is 6.13. The summed E-state index contributed by atoms with van der Waals surface area (Å²) in [6.45, 7) is 4.23. The van der Waals surface area contributed by atoms with E-state index in [4.69, 9.17) is 4.74 Å². The van der Waals surface area contributed by atoms with Gasteiger partial charge in [0, 0.05) is 5.56 Å². The van der Waals surface area contributed by atoms with E-state index in [0.717, 1.165) is 68.4 Å². The Morgan fingerprint density at radius 1 is 0.943 bits per heavy atom. The summed E-state index contributed by atoms with van der Waals surface area (Å²) in [6.07, 6.45) is 10.2. The lowest BCUT2D eigenvalue weighted by atomic mass is 9.78. The van der Waals surface area contributed by atoms with Crippen molar-refractivity contribution in [3.8, 4) is 0 Å². The van der Waals surface area contributed by atoms with Crippen LogP contribution in [0.4, 0.5) is 8.78 Å². The molecule has 2 aliphatic rings. The minimum atomic E-state index is -0.456. The van der Waals surface area contributed by atoms with E-state index in [-0.39, 0.29) is 35.4 Å². The molecule has 190 valence electrons. The van der Waals surface area contributed by atoms with Crippen molar-refractivity contribution < 1.29 is 18.3 Å². The molecule has 0 bridgehead atoms. The zero-order valence-corrected chi connectivity index (χ0v) is 21.3. The quantitative estimate of drug-likeness (QED) is 0.353. The minimum absolute atomic E-state index is 0.0363. The first kappa shape index (κ1) is 25.9. The van der Waals surface area contributed by atoms with Crippen LogP contribution in [-0.2, 0) is 16.0 Å². The molecule has 2 aromatic rings. The third-order valence-electron chi connectivity index (χ3n) is 8.35. The predicted molar refractivity (Wildman–Crippen MR) is 136 cm³/mol. The van der Waals surface area contributed by atoms with Crippen LogP contribution in [0.5, 0.6) is 0 Å². The Morgan fingerprint density at radius 2 is 1.57 bits per heavy atom. The van der Waals surface area contributed by atoms with E-state index < -0.39 is 11.6 Å². The molecule has 0 aliphatic heterocycles. The van der Waals surface area contributed by atoms with Crippen molar-refractivity contribution >= 4 is 5.97 Å². The van der Waals surface area contributed by atoms with Gasteiger partial charge in [0.05, 0.1) is 5.92 Å². The van der Waals surface area contributed by atoms with Gasteiger partial charge in [-0.15, -0.1) is 0 Å². The second-order valence-corrected chi connectivity index (χ2v) is 10.9. The lowest BCUT2D eigenvalue weighted by molar-refractivity contribution is -0.157. The van der Waals surface area contributed by atoms with Gasteiger partial charge in [0.2, 0.25) is 0 Å². The standard InChI is InChI=1S/C31H40F2O2/c1-3-7-22-10-16-27(17-11-22)35-31(34)25-14-12-24(13-15-25)26-19-29(32)28(30(33)20-26)18-21(2)23-8-5-4-6-9-23/h4-6,8-9,19-22,24-25,27H,3,7,10-18H2,1-2H3/t21-,22?,24?,25?,27?/m0/s1. The fourth-order valence-electron chi connectivity index (χ4n) is 6.13. The smallest absolute Gasteiger partial charge is 0.309 e. The highest BCUT2D eigenvalue weighted by Crippen LogP contribution is 2.38. The van der Waals surface area contributed by atoms with E-state index in [1.807, 2.05) is 37.3 Å². The maximum Gasteiger partial charge on any atom is 0.309 e. The van der Waals surface area contributed by atoms with Crippen LogP contribution in [0.25, 0.3) is 0 Å². The Balaban J connectivity index is 1.29. The summed E-state index contributed by atoms with van der Waals surface area (Å²) in [6, 6.07) is 12.9. The first-order chi connectivity index (χ1) is 16.9. The summed E-state index contributed by atoms with van der Waals surface area (Å²) in [4.78, 5) is 12.7. The van der Waals surface area contributed by atoms with E-state index in [2.05, 4.69) is 6.92 Å². The summed E-state index contributed by atoms with van der Waals surface area (Å²) < 4.78 is 35.8. The van der Waals surface area contributed by atoms with E-state index in [0.29, 0.717) is 6.42 Å². The van der Waals surface area contributed by atoms with E-state index in [1.165, 1.54) is 25.0 Å². The number of hydrogen-bond acceptors (Lipinski definition) is 2. The average Bonchev–Trinajstić information content (AvgIpc) is 2.88. The Kier molecular flexibility index (Phi) is 8.97. The minimum Gasteiger partial charge on any atom is -0.462 e. The molecule has 35 heavy (non-hydrogen) atoms. The largest absolute Gasteiger partial charge is 0.462 e. The average molecular weight is 483 g/mol. The van der Waals surface area contributed by atoms with Gasteiger partial charge in [0.15, 0.2) is 0 Å². The first-order valence-electron chi connectivity index (χ1n) is 13.7. The van der Waals surface area contributed by atoms with Crippen molar-refractivity contribution in [3.63, 3.8) is 0 Å². The monoisotopic (exact) mass is 482 g/mol. The number of ether oxygens (including phenoxy) is 1. The molecule has 0 spiro atoms. The molecule has 2 aromatic carbocycles. The van der Waals surface area contributed by atoms with Crippen molar-refractivity contribution in [2.45, 2.75) is 102 Å². The molecule has 0 amide bonds. The molecule has 4 heteroatoms. The summed E-state index contributed by atoms with van der Waals surface area (Å²) in [5, 5.41) is 0. The Morgan fingerprint density at radius 3 is 2.17 bits per heavy atom. The van der Waals surface area contributed by atoms with Gasteiger partial charge in [-0.05, 0) is 98.8 Å². The number of halogens is 2. The third-order valence-corrected chi connectivity index (χ3v) is 8.35. The SMILES string of the molecule is CCCC1CCC(OC(=O)C2CCC(c3cc(F)c(C[C@H](C)c4ccccc4)c(F)c3)CC2)CC1. The van der Waals surface area contributed by atoms with Crippen LogP contribution >= 0.6 is 0 Å². The Hall–Kier alpha value is -2.23. The summed E-state index contributed by atoms with van der Waals surface area (Å²) in [5.41, 5.74) is 1.96. The van der Waals surface area contributed by atoms with Crippen LogP contribution in [-0.4, -0.2) is 12.1 Å². The number of benzene rings is 2. The van der Waals surface area contributed by atoms with Gasteiger partial charge in [0.25, 0.3) is 0 Å². The van der Waals surface area contributed by atoms with Gasteiger partial charge in [-0.3, -0.25) is 4.79 Å². The summed E-state index contributed by atoms with van der Waals surface area (Å²) in [7, 11) is 0. The number of hydrogen-bond donors (Lipinski definition) is 0. The molecular formula is C31H40F2O2. The molecule has 2 nitrogen and oxygen atoms in total. The Labute approximate surface area is 209 Å². The number of carbonyl (C=O) groups excluding carboxylic acids is 1. The molecule has 0 aromatic heterocycles. The van der Waals surface area contributed by atoms with E-state index in [1.54, 1.807) is 0 Å². The molecule has 2 aliphatic carbocycles. The molecule has 0 unspecified atom stereocenters. The maximum absolute atomic E-state index is 15.0. The molecule has 0 N–H and O–H groups in total. The number of esters is 1. The number of rotatable bonds is 8. The number of carbonyl (C=O) groups is 1. The summed E-state index contributed by atoms with van der Waals surface area (Å²) in [5.74, 6) is -0.141. The van der Waals surface area contributed by atoms with Crippen molar-refractivity contribution in [2.75, 3.05) is 0 Å². The van der Waals surface area contributed by atoms with Gasteiger partial charge in [-0.1, -0.05) is 57.0 Å². The van der Waals surface area contributed by atoms with Crippen molar-refractivity contribution in [1.29, 1.82) is 0 Å². The van der Waals surface area contributed by atoms with Crippen molar-refractivity contribution in [1.82, 2.24) is 0 Å². The maximum atomic E-state index is 15.0. The lowest BCUT2D eigenvalue weighted by Crippen LogP contribution is -2.30. The van der Waals surface area contributed by atoms with Crippen LogP contribution < -0.4 is 0 Å². The van der Waals surface area contributed by atoms with E-state index >= 15 is 0 Å². The topological polar surface area (TPSA) is 26.3 Å². The molecule has 0 radical (unpaired) electrons. The van der Waals surface area contributed by atoms with Gasteiger partial charge in [0.1, 0.15) is 17.7 Å². The zero-order valence-electron chi connectivity index (χ0n) is 21.3. The molecule has 2 fully saturated rings. The molecule has 0 heterocycles. The molecule has 1 atom stereocenters. The molecule has 4 rings (SSSR count). The van der Waals surface area contributed by atoms with Crippen LogP contribution in [0.1, 0.15) is 107 Å². The normalized spacial score (nSPS) is 25.7. The second kappa shape index (κ2) is 12.1. The van der Waals surface area contributed by atoms with Crippen LogP contribution in [0.15, 0.2) is 42.5 Å². The first-order valence-corrected chi connectivity index (χ1v) is 13.7. The van der Waals surface area contributed by atoms with Gasteiger partial charge in [-0.25, -0.2) is 8.78 Å². The lowest BCUT2D eigenvalue weighted by Gasteiger charge is -2.31. The highest BCUT2D eigenvalue weighted by molar-refractivity contribution is 5.72. The highest BCUT2D eigenvalue weighted by Gasteiger charge is 2.31. The van der Waals surface area contributed by atoms with Crippen LogP contribution in [0.2, 0.25) is 0 Å². The fraction of sp³-hybridized carbons (Fsp3) is 0.581. The second-order valence-electron chi connectivity index (χ2n) is 10.9. The van der Waals surface area contributed by atoms with Gasteiger partial charge in [-0.2, -0.15) is 0 Å².